The predicted octanol–water partition coefficient (Wildman–Crippen LogP) is 6.98. The Labute approximate surface area is 207 Å². The van der Waals surface area contributed by atoms with Crippen molar-refractivity contribution in [1.82, 2.24) is 19.7 Å². The first-order valence-corrected chi connectivity index (χ1v) is 11.1. The van der Waals surface area contributed by atoms with Crippen LogP contribution < -0.4 is 0 Å². The molecule has 0 aliphatic rings. The summed E-state index contributed by atoms with van der Waals surface area (Å²) in [4.78, 5) is 17.6. The number of halogens is 4. The second-order valence-corrected chi connectivity index (χ2v) is 8.74. The Morgan fingerprint density at radius 2 is 1.73 bits per heavy atom. The lowest BCUT2D eigenvalue weighted by Crippen LogP contribution is -2.04. The van der Waals surface area contributed by atoms with Crippen LogP contribution in [-0.2, 0) is 6.54 Å². The van der Waals surface area contributed by atoms with Gasteiger partial charge in [0.05, 0.1) is 17.6 Å². The van der Waals surface area contributed by atoms with Gasteiger partial charge < -0.3 is 8.98 Å². The second-order valence-electron chi connectivity index (χ2n) is 7.11. The number of carbonyl (C=O) groups is 1. The van der Waals surface area contributed by atoms with Crippen molar-refractivity contribution < 1.29 is 9.21 Å². The number of rotatable bonds is 5. The highest BCUT2D eigenvalue weighted by Gasteiger charge is 2.27. The molecule has 0 N–H and O–H groups in total. The average molecular weight is 518 g/mol. The van der Waals surface area contributed by atoms with Gasteiger partial charge in [-0.05, 0) is 48.0 Å². The van der Waals surface area contributed by atoms with E-state index >= 15 is 0 Å². The molecule has 0 spiro atoms. The molecule has 0 fully saturated rings. The first-order valence-electron chi connectivity index (χ1n) is 9.63. The summed E-state index contributed by atoms with van der Waals surface area (Å²) < 4.78 is 7.38. The van der Waals surface area contributed by atoms with Crippen LogP contribution in [-0.4, -0.2) is 25.5 Å². The van der Waals surface area contributed by atoms with Gasteiger partial charge in [-0.25, -0.2) is 0 Å². The highest BCUT2D eigenvalue weighted by atomic mass is 35.5. The molecule has 3 heterocycles. The fourth-order valence-corrected chi connectivity index (χ4v) is 4.48. The number of pyridine rings is 1. The lowest BCUT2D eigenvalue weighted by molar-refractivity contribution is 0.100. The van der Waals surface area contributed by atoms with Gasteiger partial charge in [-0.2, -0.15) is 0 Å². The molecule has 0 saturated carbocycles. The minimum absolute atomic E-state index is 0.129. The van der Waals surface area contributed by atoms with Gasteiger partial charge in [0.25, 0.3) is 17.6 Å². The maximum atomic E-state index is 13.4. The van der Waals surface area contributed by atoms with Crippen LogP contribution in [0.4, 0.5) is 0 Å². The third kappa shape index (κ3) is 4.11. The molecule has 3 aromatic heterocycles. The molecule has 0 aliphatic carbocycles. The van der Waals surface area contributed by atoms with Gasteiger partial charge in [0.1, 0.15) is 10.8 Å². The minimum Gasteiger partial charge on any atom is -0.412 e. The van der Waals surface area contributed by atoms with Gasteiger partial charge in [-0.1, -0.05) is 58.5 Å². The van der Waals surface area contributed by atoms with E-state index in [2.05, 4.69) is 15.2 Å². The zero-order chi connectivity index (χ0) is 23.1. The average Bonchev–Trinajstić information content (AvgIpc) is 3.39. The molecule has 0 bridgehead atoms. The number of fused-ring (bicyclic) bond motifs is 1. The molecule has 2 aromatic carbocycles. The summed E-state index contributed by atoms with van der Waals surface area (Å²) >= 11 is 25.4. The molecular formula is C23H12Cl4N4O2. The highest BCUT2D eigenvalue weighted by molar-refractivity contribution is 6.38. The van der Waals surface area contributed by atoms with E-state index in [0.717, 1.165) is 5.56 Å². The van der Waals surface area contributed by atoms with E-state index in [-0.39, 0.29) is 22.5 Å². The normalized spacial score (nSPS) is 11.3. The lowest BCUT2D eigenvalue weighted by Gasteiger charge is -2.09. The Morgan fingerprint density at radius 3 is 2.48 bits per heavy atom. The van der Waals surface area contributed by atoms with Crippen molar-refractivity contribution in [2.75, 3.05) is 0 Å². The summed E-state index contributed by atoms with van der Waals surface area (Å²) in [5.41, 5.74) is 2.14. The smallest absolute Gasteiger partial charge is 0.289 e. The van der Waals surface area contributed by atoms with Crippen LogP contribution in [0.15, 0.2) is 65.2 Å². The van der Waals surface area contributed by atoms with E-state index in [1.54, 1.807) is 65.4 Å². The summed E-state index contributed by atoms with van der Waals surface area (Å²) in [5.74, 6) is -0.603. The van der Waals surface area contributed by atoms with Crippen molar-refractivity contribution >= 4 is 63.1 Å². The van der Waals surface area contributed by atoms with E-state index in [1.165, 1.54) is 0 Å². The molecule has 5 aromatic rings. The van der Waals surface area contributed by atoms with Crippen LogP contribution in [0.25, 0.3) is 22.5 Å². The van der Waals surface area contributed by atoms with E-state index in [1.807, 2.05) is 0 Å². The van der Waals surface area contributed by atoms with Crippen molar-refractivity contribution in [3.05, 3.63) is 98.0 Å². The molecule has 0 saturated heterocycles. The number of nitrogens with zero attached hydrogens (tertiary/aromatic N) is 4. The molecule has 10 heteroatoms. The zero-order valence-electron chi connectivity index (χ0n) is 16.6. The van der Waals surface area contributed by atoms with Gasteiger partial charge in [-0.3, -0.25) is 9.78 Å². The molecule has 0 unspecified atom stereocenters. The van der Waals surface area contributed by atoms with E-state index in [9.17, 15) is 4.79 Å². The molecule has 33 heavy (non-hydrogen) atoms. The number of carbonyl (C=O) groups excluding carboxylic acids is 1. The highest BCUT2D eigenvalue weighted by Crippen LogP contribution is 2.35. The monoisotopic (exact) mass is 516 g/mol. The SMILES string of the molecule is O=C(c1nnc(-c2ccccn2)o1)c1c(Cl)n(Cc2ccc(Cl)cc2Cl)c2ccc(Cl)cc12. The summed E-state index contributed by atoms with van der Waals surface area (Å²) in [6.07, 6.45) is 1.59. The maximum absolute atomic E-state index is 13.4. The van der Waals surface area contributed by atoms with Crippen LogP contribution in [0.5, 0.6) is 0 Å². The number of ketones is 1. The molecule has 0 aliphatic heterocycles. The Morgan fingerprint density at radius 1 is 0.939 bits per heavy atom. The van der Waals surface area contributed by atoms with Crippen LogP contribution >= 0.6 is 46.4 Å². The Balaban J connectivity index is 1.61. The Hall–Kier alpha value is -2.90. The van der Waals surface area contributed by atoms with Crippen molar-refractivity contribution in [2.45, 2.75) is 6.54 Å². The quantitative estimate of drug-likeness (QED) is 0.235. The van der Waals surface area contributed by atoms with Crippen LogP contribution in [0.3, 0.4) is 0 Å². The molecular weight excluding hydrogens is 506 g/mol. The molecule has 0 amide bonds. The van der Waals surface area contributed by atoms with E-state index < -0.39 is 5.78 Å². The number of aromatic nitrogens is 4. The fourth-order valence-electron chi connectivity index (χ4n) is 3.50. The topological polar surface area (TPSA) is 73.8 Å². The fraction of sp³-hybridized carbons (Fsp3) is 0.0435. The molecule has 0 radical (unpaired) electrons. The van der Waals surface area contributed by atoms with Gasteiger partial charge >= 0.3 is 0 Å². The zero-order valence-corrected chi connectivity index (χ0v) is 19.6. The van der Waals surface area contributed by atoms with Crippen molar-refractivity contribution in [1.29, 1.82) is 0 Å². The molecule has 5 rings (SSSR count). The molecule has 164 valence electrons. The molecule has 6 nitrogen and oxygen atoms in total. The Kier molecular flexibility index (Phi) is 5.85. The number of hydrogen-bond acceptors (Lipinski definition) is 5. The van der Waals surface area contributed by atoms with Gasteiger partial charge in [0.15, 0.2) is 0 Å². The second kappa shape index (κ2) is 8.80. The van der Waals surface area contributed by atoms with Gasteiger partial charge in [0, 0.05) is 26.7 Å². The van der Waals surface area contributed by atoms with E-state index in [0.29, 0.717) is 38.2 Å². The van der Waals surface area contributed by atoms with E-state index in [4.69, 9.17) is 50.8 Å². The lowest BCUT2D eigenvalue weighted by atomic mass is 10.1. The summed E-state index contributed by atoms with van der Waals surface area (Å²) in [5, 5.41) is 10.1. The summed E-state index contributed by atoms with van der Waals surface area (Å²) in [6, 6.07) is 15.6. The number of hydrogen-bond donors (Lipinski definition) is 0. The van der Waals surface area contributed by atoms with Crippen molar-refractivity contribution in [2.24, 2.45) is 0 Å². The van der Waals surface area contributed by atoms with Crippen molar-refractivity contribution in [3.63, 3.8) is 0 Å². The van der Waals surface area contributed by atoms with Gasteiger partial charge in [-0.15, -0.1) is 10.2 Å². The molecule has 0 atom stereocenters. The summed E-state index contributed by atoms with van der Waals surface area (Å²) in [7, 11) is 0. The van der Waals surface area contributed by atoms with Crippen LogP contribution in [0.1, 0.15) is 21.8 Å². The van der Waals surface area contributed by atoms with Crippen LogP contribution in [0, 0.1) is 0 Å². The Bertz CT molecular complexity index is 1510. The minimum atomic E-state index is -0.525. The predicted molar refractivity (Wildman–Crippen MR) is 128 cm³/mol. The third-order valence-electron chi connectivity index (χ3n) is 5.04. The van der Waals surface area contributed by atoms with Crippen LogP contribution in [0.2, 0.25) is 20.2 Å². The van der Waals surface area contributed by atoms with Crippen molar-refractivity contribution in [3.8, 4) is 11.6 Å². The van der Waals surface area contributed by atoms with Gasteiger partial charge in [0.2, 0.25) is 0 Å². The standard InChI is InChI=1S/C23H12Cl4N4O2/c24-13-6-7-18-15(9-13)19(21(27)31(18)11-12-4-5-14(25)10-16(12)26)20(32)23-30-29-22(33-23)17-3-1-2-8-28-17/h1-10H,11H2. The first-order chi connectivity index (χ1) is 15.9. The maximum Gasteiger partial charge on any atom is 0.289 e. The summed E-state index contributed by atoms with van der Waals surface area (Å²) in [6.45, 7) is 0.309. The largest absolute Gasteiger partial charge is 0.412 e. The first kappa shape index (κ1) is 21.9. The third-order valence-corrected chi connectivity index (χ3v) is 6.25. The number of benzene rings is 2.